The van der Waals surface area contributed by atoms with E-state index in [-0.39, 0.29) is 42.7 Å². The molecular weight excluding hydrogens is 524 g/mol. The van der Waals surface area contributed by atoms with Crippen LogP contribution in [0.5, 0.6) is 0 Å². The van der Waals surface area contributed by atoms with E-state index in [1.165, 1.54) is 11.3 Å². The van der Waals surface area contributed by atoms with Crippen molar-refractivity contribution in [1.29, 1.82) is 0 Å². The van der Waals surface area contributed by atoms with E-state index in [1.807, 2.05) is 13.0 Å². The quantitative estimate of drug-likeness (QED) is 0.500. The lowest BCUT2D eigenvalue weighted by Gasteiger charge is -2.29. The minimum Gasteiger partial charge on any atom is -0.342 e. The van der Waals surface area contributed by atoms with Crippen molar-refractivity contribution >= 4 is 49.0 Å². The molecule has 9 nitrogen and oxygen atoms in total. The second-order valence-electron chi connectivity index (χ2n) is 8.16. The molecule has 178 valence electrons. The van der Waals surface area contributed by atoms with Crippen molar-refractivity contribution in [2.75, 3.05) is 28.3 Å². The maximum absolute atomic E-state index is 13.4. The monoisotopic (exact) mass is 546 g/mol. The molecular formula is C23H23BrN4O5S. The zero-order chi connectivity index (χ0) is 24.3. The van der Waals surface area contributed by atoms with E-state index in [0.717, 1.165) is 15.6 Å². The standard InChI is InChI=1S/C23H23BrN4O5S/c1-15-2-7-19(12-20(15)24)28(23(30)17-8-10-34(31,32)11-9-17)13-21(29)26-18-5-3-16(4-6-18)22-25-14-33-27-22/h2-7,12,14,17H,8-11,13H2,1H3,(H,26,29). The van der Waals surface area contributed by atoms with Crippen LogP contribution in [0.25, 0.3) is 11.4 Å². The Bertz CT molecular complexity index is 1280. The highest BCUT2D eigenvalue weighted by molar-refractivity contribution is 9.10. The van der Waals surface area contributed by atoms with Gasteiger partial charge < -0.3 is 14.7 Å². The van der Waals surface area contributed by atoms with Crippen LogP contribution in [-0.2, 0) is 19.4 Å². The molecule has 0 spiro atoms. The van der Waals surface area contributed by atoms with Crippen LogP contribution in [0, 0.1) is 12.8 Å². The number of amides is 2. The van der Waals surface area contributed by atoms with Gasteiger partial charge >= 0.3 is 0 Å². The second kappa shape index (κ2) is 10.1. The van der Waals surface area contributed by atoms with Crippen LogP contribution in [0.3, 0.4) is 0 Å². The van der Waals surface area contributed by atoms with Crippen molar-refractivity contribution in [3.05, 3.63) is 58.9 Å². The first kappa shape index (κ1) is 24.1. The molecule has 1 aliphatic heterocycles. The van der Waals surface area contributed by atoms with Crippen molar-refractivity contribution in [1.82, 2.24) is 10.1 Å². The fourth-order valence-corrected chi connectivity index (χ4v) is 5.61. The van der Waals surface area contributed by atoms with E-state index in [9.17, 15) is 18.0 Å². The van der Waals surface area contributed by atoms with Crippen LogP contribution in [0.4, 0.5) is 11.4 Å². The second-order valence-corrected chi connectivity index (χ2v) is 11.3. The lowest BCUT2D eigenvalue weighted by Crippen LogP contribution is -2.43. The summed E-state index contributed by atoms with van der Waals surface area (Å²) in [6.45, 7) is 1.72. The number of nitrogens with zero attached hydrogens (tertiary/aromatic N) is 3. The molecule has 3 aromatic rings. The van der Waals surface area contributed by atoms with Crippen LogP contribution in [0.2, 0.25) is 0 Å². The third kappa shape index (κ3) is 5.71. The molecule has 2 amide bonds. The summed E-state index contributed by atoms with van der Waals surface area (Å²) in [7, 11) is -3.11. The molecule has 0 radical (unpaired) electrons. The number of aromatic nitrogens is 2. The highest BCUT2D eigenvalue weighted by Crippen LogP contribution is 2.28. The van der Waals surface area contributed by atoms with Gasteiger partial charge in [-0.1, -0.05) is 27.2 Å². The highest BCUT2D eigenvalue weighted by Gasteiger charge is 2.33. The molecule has 0 atom stereocenters. The maximum atomic E-state index is 13.4. The number of rotatable bonds is 6. The Morgan fingerprint density at radius 3 is 2.47 bits per heavy atom. The molecule has 1 aliphatic rings. The average molecular weight is 547 g/mol. The zero-order valence-corrected chi connectivity index (χ0v) is 20.8. The molecule has 2 heterocycles. The van der Waals surface area contributed by atoms with Gasteiger partial charge in [-0.05, 0) is 61.7 Å². The SMILES string of the molecule is Cc1ccc(N(CC(=O)Nc2ccc(-c3ncon3)cc2)C(=O)C2CCS(=O)(=O)CC2)cc1Br. The van der Waals surface area contributed by atoms with Gasteiger partial charge in [-0.3, -0.25) is 9.59 Å². The fraction of sp³-hybridized carbons (Fsp3) is 0.304. The molecule has 4 rings (SSSR count). The average Bonchev–Trinajstić information content (AvgIpc) is 3.34. The lowest BCUT2D eigenvalue weighted by molar-refractivity contribution is -0.124. The predicted octanol–water partition coefficient (Wildman–Crippen LogP) is 3.60. The Kier molecular flexibility index (Phi) is 7.13. The first-order valence-corrected chi connectivity index (χ1v) is 13.3. The summed E-state index contributed by atoms with van der Waals surface area (Å²) < 4.78 is 29.2. The largest absolute Gasteiger partial charge is 0.342 e. The van der Waals surface area contributed by atoms with Gasteiger partial charge in [-0.2, -0.15) is 4.98 Å². The molecule has 1 aromatic heterocycles. The van der Waals surface area contributed by atoms with Gasteiger partial charge in [0.2, 0.25) is 24.0 Å². The number of carbonyl (C=O) groups excluding carboxylic acids is 2. The highest BCUT2D eigenvalue weighted by atomic mass is 79.9. The number of hydrogen-bond acceptors (Lipinski definition) is 7. The molecule has 0 bridgehead atoms. The van der Waals surface area contributed by atoms with Crippen LogP contribution >= 0.6 is 15.9 Å². The van der Waals surface area contributed by atoms with Gasteiger partial charge in [0.1, 0.15) is 16.4 Å². The van der Waals surface area contributed by atoms with E-state index in [1.54, 1.807) is 36.4 Å². The van der Waals surface area contributed by atoms with E-state index in [4.69, 9.17) is 4.52 Å². The number of sulfone groups is 1. The van der Waals surface area contributed by atoms with Crippen molar-refractivity contribution < 1.29 is 22.5 Å². The molecule has 11 heteroatoms. The van der Waals surface area contributed by atoms with Crippen molar-refractivity contribution in [2.24, 2.45) is 5.92 Å². The van der Waals surface area contributed by atoms with Crippen molar-refractivity contribution in [3.63, 3.8) is 0 Å². The molecule has 1 N–H and O–H groups in total. The smallest absolute Gasteiger partial charge is 0.244 e. The van der Waals surface area contributed by atoms with Crippen LogP contribution in [0.1, 0.15) is 18.4 Å². The summed E-state index contributed by atoms with van der Waals surface area (Å²) in [6, 6.07) is 12.4. The number of benzene rings is 2. The minimum absolute atomic E-state index is 0.0201. The lowest BCUT2D eigenvalue weighted by atomic mass is 10.0. The van der Waals surface area contributed by atoms with E-state index in [2.05, 4.69) is 31.4 Å². The normalized spacial score (nSPS) is 15.6. The fourth-order valence-electron chi connectivity index (χ4n) is 3.75. The number of anilines is 2. The molecule has 0 unspecified atom stereocenters. The Morgan fingerprint density at radius 2 is 1.85 bits per heavy atom. The van der Waals surface area contributed by atoms with E-state index in [0.29, 0.717) is 17.2 Å². The summed E-state index contributed by atoms with van der Waals surface area (Å²) in [5.74, 6) is -0.685. The Morgan fingerprint density at radius 1 is 1.15 bits per heavy atom. The summed E-state index contributed by atoms with van der Waals surface area (Å²) >= 11 is 3.48. The molecule has 1 fully saturated rings. The Balaban J connectivity index is 1.51. The predicted molar refractivity (Wildman–Crippen MR) is 131 cm³/mol. The van der Waals surface area contributed by atoms with Crippen molar-refractivity contribution in [2.45, 2.75) is 19.8 Å². The summed E-state index contributed by atoms with van der Waals surface area (Å²) in [6.07, 6.45) is 1.75. The number of hydrogen-bond donors (Lipinski definition) is 1. The minimum atomic E-state index is -3.11. The van der Waals surface area contributed by atoms with Gasteiger partial charge in [0.05, 0.1) is 11.5 Å². The van der Waals surface area contributed by atoms with Crippen LogP contribution in [0.15, 0.2) is 57.9 Å². The zero-order valence-electron chi connectivity index (χ0n) is 18.4. The molecule has 34 heavy (non-hydrogen) atoms. The number of carbonyl (C=O) groups is 2. The number of aryl methyl sites for hydroxylation is 1. The molecule has 1 saturated heterocycles. The third-order valence-electron chi connectivity index (χ3n) is 5.73. The van der Waals surface area contributed by atoms with Gasteiger partial charge in [0, 0.05) is 27.3 Å². The van der Waals surface area contributed by atoms with Crippen LogP contribution < -0.4 is 10.2 Å². The van der Waals surface area contributed by atoms with Gasteiger partial charge in [0.15, 0.2) is 0 Å². The Labute approximate surface area is 205 Å². The van der Waals surface area contributed by atoms with E-state index >= 15 is 0 Å². The van der Waals surface area contributed by atoms with Crippen LogP contribution in [-0.4, -0.2) is 48.4 Å². The number of nitrogens with one attached hydrogen (secondary N) is 1. The maximum Gasteiger partial charge on any atom is 0.244 e. The van der Waals surface area contributed by atoms with Gasteiger partial charge in [-0.25, -0.2) is 8.42 Å². The summed E-state index contributed by atoms with van der Waals surface area (Å²) in [4.78, 5) is 31.7. The first-order chi connectivity index (χ1) is 16.2. The summed E-state index contributed by atoms with van der Waals surface area (Å²) in [5, 5.41) is 6.58. The molecule has 2 aromatic carbocycles. The van der Waals surface area contributed by atoms with Gasteiger partial charge in [0.25, 0.3) is 0 Å². The first-order valence-electron chi connectivity index (χ1n) is 10.7. The molecule has 0 aliphatic carbocycles. The van der Waals surface area contributed by atoms with Gasteiger partial charge in [-0.15, -0.1) is 0 Å². The van der Waals surface area contributed by atoms with E-state index < -0.39 is 15.8 Å². The summed E-state index contributed by atoms with van der Waals surface area (Å²) in [5.41, 5.74) is 2.85. The molecule has 0 saturated carbocycles. The Hall–Kier alpha value is -3.05. The number of halogens is 1. The van der Waals surface area contributed by atoms with Crippen molar-refractivity contribution in [3.8, 4) is 11.4 Å². The topological polar surface area (TPSA) is 122 Å². The third-order valence-corrected chi connectivity index (χ3v) is 8.30.